The average Bonchev–Trinajstić information content (AvgIpc) is 2.70. The van der Waals surface area contributed by atoms with Crippen LogP contribution in [0.4, 0.5) is 18.9 Å². The molecular weight excluding hydrogens is 413 g/mol. The number of piperazine rings is 1. The fraction of sp³-hybridized carbons (Fsp3) is 0.739. The molecule has 0 saturated carbocycles. The maximum absolute atomic E-state index is 12.9. The first-order valence-corrected chi connectivity index (χ1v) is 11.3. The van der Waals surface area contributed by atoms with Crippen molar-refractivity contribution in [3.8, 4) is 0 Å². The molecule has 1 atom stereocenters. The van der Waals surface area contributed by atoms with Gasteiger partial charge in [-0.05, 0) is 24.6 Å². The van der Waals surface area contributed by atoms with Gasteiger partial charge in [0.25, 0.3) is 0 Å². The Morgan fingerprint density at radius 3 is 2.20 bits per heavy atom. The zero-order valence-corrected chi connectivity index (χ0v) is 18.9. The highest BCUT2D eigenvalue weighted by Gasteiger charge is 2.31. The quantitative estimate of drug-likeness (QED) is 0.470. The second kappa shape index (κ2) is 14.2. The van der Waals surface area contributed by atoms with Crippen LogP contribution >= 0.6 is 0 Å². The first-order valence-electron chi connectivity index (χ1n) is 11.3. The second-order valence-corrected chi connectivity index (χ2v) is 8.41. The number of benzene rings is 1. The van der Waals surface area contributed by atoms with Gasteiger partial charge in [-0.2, -0.15) is 13.2 Å². The Morgan fingerprint density at radius 1 is 1.00 bits per heavy atom. The van der Waals surface area contributed by atoms with E-state index < -0.39 is 11.7 Å². The predicted molar refractivity (Wildman–Crippen MR) is 112 cm³/mol. The van der Waals surface area contributed by atoms with Gasteiger partial charge in [-0.1, -0.05) is 64.4 Å². The van der Waals surface area contributed by atoms with Crippen LogP contribution in [0.15, 0.2) is 24.3 Å². The lowest BCUT2D eigenvalue weighted by Crippen LogP contribution is -3.15. The van der Waals surface area contributed by atoms with Gasteiger partial charge >= 0.3 is 6.18 Å². The summed E-state index contributed by atoms with van der Waals surface area (Å²) in [4.78, 5) is 3.37. The summed E-state index contributed by atoms with van der Waals surface area (Å²) in [6.07, 6.45) is 6.42. The number of nitrogens with zero attached hydrogens (tertiary/aromatic N) is 1. The Balaban J connectivity index is 0.00000450. The van der Waals surface area contributed by atoms with Crippen molar-refractivity contribution in [3.63, 3.8) is 0 Å². The van der Waals surface area contributed by atoms with Crippen LogP contribution in [0.2, 0.25) is 0 Å². The zero-order chi connectivity index (χ0) is 21.1. The number of anilines is 1. The van der Waals surface area contributed by atoms with Gasteiger partial charge in [-0.3, -0.25) is 0 Å². The molecule has 0 amide bonds. The van der Waals surface area contributed by atoms with Gasteiger partial charge < -0.3 is 27.3 Å². The van der Waals surface area contributed by atoms with E-state index in [1.807, 2.05) is 4.90 Å². The van der Waals surface area contributed by atoms with Crippen LogP contribution in [-0.2, 0) is 6.18 Å². The van der Waals surface area contributed by atoms with Gasteiger partial charge in [0.1, 0.15) is 12.6 Å². The van der Waals surface area contributed by atoms with E-state index in [0.717, 1.165) is 51.6 Å². The van der Waals surface area contributed by atoms with E-state index in [0.29, 0.717) is 5.69 Å². The van der Waals surface area contributed by atoms with Crippen LogP contribution < -0.4 is 22.2 Å². The molecule has 2 N–H and O–H groups in total. The minimum Gasteiger partial charge on any atom is -1.00 e. The summed E-state index contributed by atoms with van der Waals surface area (Å²) >= 11 is 0. The van der Waals surface area contributed by atoms with Gasteiger partial charge in [0.05, 0.1) is 31.7 Å². The highest BCUT2D eigenvalue weighted by molar-refractivity contribution is 5.49. The van der Waals surface area contributed by atoms with Crippen LogP contribution in [0, 0.1) is 0 Å². The Labute approximate surface area is 186 Å². The lowest BCUT2D eigenvalue weighted by Gasteiger charge is -2.34. The van der Waals surface area contributed by atoms with Crippen molar-refractivity contribution >= 4 is 5.69 Å². The van der Waals surface area contributed by atoms with Crippen molar-refractivity contribution in [2.24, 2.45) is 0 Å². The summed E-state index contributed by atoms with van der Waals surface area (Å²) in [5, 5.41) is 10.3. The molecule has 1 aromatic rings. The molecule has 7 heteroatoms. The summed E-state index contributed by atoms with van der Waals surface area (Å²) in [5.41, 5.74) is 0.0453. The van der Waals surface area contributed by atoms with Gasteiger partial charge in [-0.15, -0.1) is 0 Å². The molecule has 2 rings (SSSR count). The summed E-state index contributed by atoms with van der Waals surface area (Å²) < 4.78 is 38.7. The van der Waals surface area contributed by atoms with E-state index in [4.69, 9.17) is 0 Å². The molecule has 0 radical (unpaired) electrons. The van der Waals surface area contributed by atoms with Crippen molar-refractivity contribution in [3.05, 3.63) is 29.8 Å². The molecule has 1 aliphatic rings. The third kappa shape index (κ3) is 9.88. The lowest BCUT2D eigenvalue weighted by molar-refractivity contribution is -0.903. The molecule has 0 spiro atoms. The van der Waals surface area contributed by atoms with Gasteiger partial charge in [0.2, 0.25) is 0 Å². The van der Waals surface area contributed by atoms with Crippen LogP contribution in [-0.4, -0.2) is 43.9 Å². The van der Waals surface area contributed by atoms with E-state index in [1.165, 1.54) is 62.0 Å². The van der Waals surface area contributed by atoms with Crippen molar-refractivity contribution in [1.82, 2.24) is 0 Å². The van der Waals surface area contributed by atoms with E-state index in [2.05, 4.69) is 6.92 Å². The van der Waals surface area contributed by atoms with Crippen LogP contribution in [0.5, 0.6) is 0 Å². The maximum atomic E-state index is 12.9. The van der Waals surface area contributed by atoms with Gasteiger partial charge in [0.15, 0.2) is 0 Å². The van der Waals surface area contributed by atoms with Crippen LogP contribution in [0.25, 0.3) is 0 Å². The van der Waals surface area contributed by atoms with Crippen molar-refractivity contribution in [2.45, 2.75) is 77.0 Å². The second-order valence-electron chi connectivity index (χ2n) is 8.41. The number of aliphatic hydroxyl groups is 1. The Hall–Kier alpha value is -0.980. The smallest absolute Gasteiger partial charge is 0.416 e. The molecule has 1 aromatic carbocycles. The standard InChI is InChI=1S/C23H37F3N2O.ClH/c1-2-3-4-5-6-7-8-9-13-22(29)19-27-14-16-28(17-15-27)21-12-10-11-20(18-21)23(24,25)26;/h10-12,18,22,29H,2-9,13-17,19H2,1H3;1H. The number of quaternary nitrogens is 1. The molecular formula is C23H38ClF3N2O. The number of hydrogen-bond acceptors (Lipinski definition) is 2. The van der Waals surface area contributed by atoms with Gasteiger partial charge in [-0.25, -0.2) is 0 Å². The van der Waals surface area contributed by atoms with E-state index in [9.17, 15) is 18.3 Å². The third-order valence-corrected chi connectivity index (χ3v) is 5.92. The molecule has 30 heavy (non-hydrogen) atoms. The molecule has 0 aromatic heterocycles. The molecule has 1 aliphatic heterocycles. The molecule has 1 heterocycles. The average molecular weight is 451 g/mol. The normalized spacial score (nSPS) is 16.4. The number of rotatable bonds is 12. The highest BCUT2D eigenvalue weighted by Crippen LogP contribution is 2.31. The summed E-state index contributed by atoms with van der Waals surface area (Å²) in [6, 6.07) is 5.58. The molecule has 3 nitrogen and oxygen atoms in total. The number of aliphatic hydroxyl groups excluding tert-OH is 1. The fourth-order valence-corrected chi connectivity index (χ4v) is 4.11. The topological polar surface area (TPSA) is 27.9 Å². The monoisotopic (exact) mass is 450 g/mol. The number of unbranched alkanes of at least 4 members (excludes halogenated alkanes) is 7. The van der Waals surface area contributed by atoms with Crippen molar-refractivity contribution < 1.29 is 35.6 Å². The molecule has 1 saturated heterocycles. The lowest BCUT2D eigenvalue weighted by atomic mass is 10.1. The SMILES string of the molecule is CCCCCCCCCCC(O)C[NH+]1CCN(c2cccc(C(F)(F)F)c2)CC1.[Cl-]. The van der Waals surface area contributed by atoms with Crippen LogP contribution in [0.3, 0.4) is 0 Å². The fourth-order valence-electron chi connectivity index (χ4n) is 4.11. The number of nitrogens with one attached hydrogen (secondary N) is 1. The Kier molecular flexibility index (Phi) is 12.8. The molecule has 0 aliphatic carbocycles. The summed E-state index contributed by atoms with van der Waals surface area (Å²) in [7, 11) is 0. The van der Waals surface area contributed by atoms with Crippen molar-refractivity contribution in [2.75, 3.05) is 37.6 Å². The first kappa shape index (κ1) is 27.1. The maximum Gasteiger partial charge on any atom is 0.416 e. The molecule has 0 bridgehead atoms. The Bertz CT molecular complexity index is 578. The van der Waals surface area contributed by atoms with Gasteiger partial charge in [0, 0.05) is 5.69 Å². The number of hydrogen-bond donors (Lipinski definition) is 2. The van der Waals surface area contributed by atoms with E-state index in [1.54, 1.807) is 6.07 Å². The van der Waals surface area contributed by atoms with E-state index >= 15 is 0 Å². The minimum atomic E-state index is -4.30. The minimum absolute atomic E-state index is 0. The molecule has 1 fully saturated rings. The largest absolute Gasteiger partial charge is 1.00 e. The Morgan fingerprint density at radius 2 is 1.60 bits per heavy atom. The number of halogens is 4. The van der Waals surface area contributed by atoms with Crippen molar-refractivity contribution in [1.29, 1.82) is 0 Å². The first-order chi connectivity index (χ1) is 13.9. The van der Waals surface area contributed by atoms with E-state index in [-0.39, 0.29) is 18.5 Å². The molecule has 1 unspecified atom stereocenters. The predicted octanol–water partition coefficient (Wildman–Crippen LogP) is 1.31. The third-order valence-electron chi connectivity index (χ3n) is 5.92. The molecule has 174 valence electrons. The number of alkyl halides is 3. The zero-order valence-electron chi connectivity index (χ0n) is 18.2. The van der Waals surface area contributed by atoms with Crippen LogP contribution in [0.1, 0.15) is 70.3 Å². The highest BCUT2D eigenvalue weighted by atomic mass is 35.5. The summed E-state index contributed by atoms with van der Waals surface area (Å²) in [5.74, 6) is 0. The summed E-state index contributed by atoms with van der Waals surface area (Å²) in [6.45, 7) is 6.12.